The first kappa shape index (κ1) is 20.5. The number of aromatic nitrogens is 5. The van der Waals surface area contributed by atoms with Crippen LogP contribution in [0.15, 0.2) is 75.9 Å². The number of nitrogens with zero attached hydrogens (tertiary/aromatic N) is 5. The molecule has 0 atom stereocenters. The van der Waals surface area contributed by atoms with E-state index in [2.05, 4.69) is 15.2 Å². The van der Waals surface area contributed by atoms with Crippen molar-refractivity contribution in [2.45, 2.75) is 19.0 Å². The molecule has 0 spiro atoms. The summed E-state index contributed by atoms with van der Waals surface area (Å²) in [7, 11) is 0. The fraction of sp³-hybridized carbons (Fsp3) is 0.130. The Morgan fingerprint density at radius 2 is 1.94 bits per heavy atom. The summed E-state index contributed by atoms with van der Waals surface area (Å²) in [5.74, 6) is 1.49. The second kappa shape index (κ2) is 8.60. The summed E-state index contributed by atoms with van der Waals surface area (Å²) in [5, 5.41) is 12.1. The van der Waals surface area contributed by atoms with Crippen molar-refractivity contribution < 1.29 is 9.21 Å². The zero-order chi connectivity index (χ0) is 22.1. The fourth-order valence-corrected chi connectivity index (χ4v) is 5.20. The highest BCUT2D eigenvalue weighted by molar-refractivity contribution is 7.99. The number of carbonyl (C=O) groups is 1. The zero-order valence-corrected chi connectivity index (χ0v) is 19.1. The monoisotopic (exact) mass is 461 g/mol. The van der Waals surface area contributed by atoms with Crippen molar-refractivity contribution in [3.63, 3.8) is 0 Å². The number of furan rings is 1. The van der Waals surface area contributed by atoms with Crippen LogP contribution in [0.1, 0.15) is 21.7 Å². The maximum Gasteiger partial charge on any atom is 0.205 e. The van der Waals surface area contributed by atoms with E-state index in [4.69, 9.17) is 4.42 Å². The van der Waals surface area contributed by atoms with Gasteiger partial charge >= 0.3 is 0 Å². The van der Waals surface area contributed by atoms with Gasteiger partial charge in [0.2, 0.25) is 5.82 Å². The Hall–Kier alpha value is -3.43. The summed E-state index contributed by atoms with van der Waals surface area (Å²) < 4.78 is 9.48. The van der Waals surface area contributed by atoms with Gasteiger partial charge in [0.15, 0.2) is 21.8 Å². The van der Waals surface area contributed by atoms with Crippen LogP contribution in [0.3, 0.4) is 0 Å². The molecule has 0 saturated carbocycles. The molecule has 1 aromatic carbocycles. The molecule has 0 amide bonds. The molecule has 0 aliphatic carbocycles. The fourth-order valence-electron chi connectivity index (χ4n) is 3.61. The molecule has 0 N–H and O–H groups in total. The van der Waals surface area contributed by atoms with Gasteiger partial charge in [-0.1, -0.05) is 30.0 Å². The molecule has 160 valence electrons. The van der Waals surface area contributed by atoms with E-state index in [0.29, 0.717) is 22.3 Å². The van der Waals surface area contributed by atoms with Gasteiger partial charge in [-0.2, -0.15) is 0 Å². The number of aryl methyl sites for hydroxylation is 1. The van der Waals surface area contributed by atoms with Gasteiger partial charge in [0.25, 0.3) is 0 Å². The summed E-state index contributed by atoms with van der Waals surface area (Å²) in [4.78, 5) is 17.5. The predicted octanol–water partition coefficient (Wildman–Crippen LogP) is 5.37. The summed E-state index contributed by atoms with van der Waals surface area (Å²) >= 11 is 2.91. The van der Waals surface area contributed by atoms with Crippen LogP contribution in [0.2, 0.25) is 0 Å². The average molecular weight is 462 g/mol. The number of benzene rings is 1. The Kier molecular flexibility index (Phi) is 5.50. The van der Waals surface area contributed by atoms with E-state index in [-0.39, 0.29) is 11.5 Å². The lowest BCUT2D eigenvalue weighted by molar-refractivity contribution is 0.102. The maximum atomic E-state index is 13.1. The molecular formula is C23H19N5O2S2. The van der Waals surface area contributed by atoms with Crippen LogP contribution in [0.5, 0.6) is 0 Å². The van der Waals surface area contributed by atoms with Crippen molar-refractivity contribution in [1.29, 1.82) is 0 Å². The molecule has 5 rings (SSSR count). The molecule has 0 bridgehead atoms. The first-order valence-electron chi connectivity index (χ1n) is 9.93. The third-order valence-corrected chi connectivity index (χ3v) is 6.75. The van der Waals surface area contributed by atoms with Gasteiger partial charge in [0.05, 0.1) is 12.0 Å². The lowest BCUT2D eigenvalue weighted by Crippen LogP contribution is -2.07. The minimum atomic E-state index is 0.0352. The third-order valence-electron chi connectivity index (χ3n) is 5.06. The molecule has 0 aliphatic heterocycles. The second-order valence-corrected chi connectivity index (χ2v) is 8.92. The number of para-hydroxylation sites is 1. The van der Waals surface area contributed by atoms with E-state index in [1.54, 1.807) is 23.8 Å². The Bertz CT molecular complexity index is 1350. The summed E-state index contributed by atoms with van der Waals surface area (Å²) in [6.45, 7) is 3.94. The third kappa shape index (κ3) is 3.69. The van der Waals surface area contributed by atoms with E-state index in [9.17, 15) is 4.79 Å². The first-order valence-corrected chi connectivity index (χ1v) is 11.8. The van der Waals surface area contributed by atoms with E-state index in [1.165, 1.54) is 11.8 Å². The molecule has 9 heteroatoms. The minimum Gasteiger partial charge on any atom is -0.461 e. The molecule has 4 heterocycles. The van der Waals surface area contributed by atoms with E-state index >= 15 is 0 Å². The van der Waals surface area contributed by atoms with Crippen LogP contribution < -0.4 is 0 Å². The molecule has 0 radical (unpaired) electrons. The molecular weight excluding hydrogens is 442 g/mol. The largest absolute Gasteiger partial charge is 0.461 e. The van der Waals surface area contributed by atoms with Crippen LogP contribution in [0.4, 0.5) is 0 Å². The highest BCUT2D eigenvalue weighted by Crippen LogP contribution is 2.29. The Morgan fingerprint density at radius 1 is 1.09 bits per heavy atom. The number of ketones is 1. The normalized spacial score (nSPS) is 11.2. The number of hydrogen-bond acceptors (Lipinski definition) is 7. The number of carbonyl (C=O) groups excluding carboxylic acids is 1. The number of thioether (sulfide) groups is 1. The van der Waals surface area contributed by atoms with E-state index < -0.39 is 0 Å². The van der Waals surface area contributed by atoms with E-state index in [1.807, 2.05) is 76.9 Å². The van der Waals surface area contributed by atoms with E-state index in [0.717, 1.165) is 22.2 Å². The lowest BCUT2D eigenvalue weighted by Gasteiger charge is -2.09. The standard InChI is InChI=1S/C23H19N5O2S2/c1-15-13-18(16(2)27(15)22-24-10-12-31-22)19(29)14-32-23-26-25-21(20-9-6-11-30-20)28(23)17-7-4-3-5-8-17/h3-13H,14H2,1-2H3. The van der Waals surface area contributed by atoms with Gasteiger partial charge in [-0.15, -0.1) is 21.5 Å². The topological polar surface area (TPSA) is 78.7 Å². The Labute approximate surface area is 192 Å². The summed E-state index contributed by atoms with van der Waals surface area (Å²) in [6, 6.07) is 15.4. The van der Waals surface area contributed by atoms with Crippen LogP contribution >= 0.6 is 23.1 Å². The van der Waals surface area contributed by atoms with Gasteiger partial charge in [-0.25, -0.2) is 4.98 Å². The lowest BCUT2D eigenvalue weighted by atomic mass is 10.2. The van der Waals surface area contributed by atoms with Gasteiger partial charge in [-0.3, -0.25) is 13.9 Å². The summed E-state index contributed by atoms with van der Waals surface area (Å²) in [6.07, 6.45) is 3.37. The van der Waals surface area contributed by atoms with Crippen molar-refractivity contribution >= 4 is 28.9 Å². The first-order chi connectivity index (χ1) is 15.6. The highest BCUT2D eigenvalue weighted by Gasteiger charge is 2.21. The van der Waals surface area contributed by atoms with Crippen LogP contribution in [-0.4, -0.2) is 35.9 Å². The number of thiazole rings is 1. The molecule has 7 nitrogen and oxygen atoms in total. The minimum absolute atomic E-state index is 0.0352. The van der Waals surface area contributed by atoms with Crippen molar-refractivity contribution in [1.82, 2.24) is 24.3 Å². The van der Waals surface area contributed by atoms with Gasteiger partial charge in [-0.05, 0) is 44.2 Å². The zero-order valence-electron chi connectivity index (χ0n) is 17.4. The van der Waals surface area contributed by atoms with Crippen molar-refractivity contribution in [3.8, 4) is 22.4 Å². The van der Waals surface area contributed by atoms with Crippen LogP contribution in [-0.2, 0) is 0 Å². The highest BCUT2D eigenvalue weighted by atomic mass is 32.2. The smallest absolute Gasteiger partial charge is 0.205 e. The van der Waals surface area contributed by atoms with Crippen LogP contribution in [0.25, 0.3) is 22.4 Å². The molecule has 0 saturated heterocycles. The maximum absolute atomic E-state index is 13.1. The van der Waals surface area contributed by atoms with Crippen LogP contribution in [0, 0.1) is 13.8 Å². The Morgan fingerprint density at radius 3 is 2.66 bits per heavy atom. The Balaban J connectivity index is 1.44. The SMILES string of the molecule is Cc1cc(C(=O)CSc2nnc(-c3ccco3)n2-c2ccccc2)c(C)n1-c1nccs1. The van der Waals surface area contributed by atoms with Crippen molar-refractivity contribution in [3.05, 3.63) is 83.3 Å². The number of Topliss-reactive ketones (excluding diaryl/α,β-unsaturated/α-hetero) is 1. The van der Waals surface area contributed by atoms with Gasteiger partial charge in [0.1, 0.15) is 0 Å². The number of hydrogen-bond donors (Lipinski definition) is 0. The molecule has 4 aromatic heterocycles. The predicted molar refractivity (Wildman–Crippen MR) is 125 cm³/mol. The molecule has 5 aromatic rings. The molecule has 0 fully saturated rings. The summed E-state index contributed by atoms with van der Waals surface area (Å²) in [5.41, 5.74) is 3.48. The van der Waals surface area contributed by atoms with Crippen molar-refractivity contribution in [2.24, 2.45) is 0 Å². The number of rotatable bonds is 7. The van der Waals surface area contributed by atoms with Gasteiger partial charge in [0, 0.05) is 34.2 Å². The van der Waals surface area contributed by atoms with Crippen molar-refractivity contribution in [2.75, 3.05) is 5.75 Å². The molecule has 32 heavy (non-hydrogen) atoms. The second-order valence-electron chi connectivity index (χ2n) is 7.10. The average Bonchev–Trinajstić information content (AvgIpc) is 3.59. The van der Waals surface area contributed by atoms with Gasteiger partial charge < -0.3 is 4.42 Å². The quantitative estimate of drug-likeness (QED) is 0.240. The molecule has 0 aliphatic rings. The molecule has 0 unspecified atom stereocenters.